The van der Waals surface area contributed by atoms with Crippen molar-refractivity contribution < 1.29 is 68.5 Å². The highest BCUT2D eigenvalue weighted by Crippen LogP contribution is 2.52. The highest BCUT2D eigenvalue weighted by atomic mass is 16.7. The number of hydrogen-bond donors (Lipinski definition) is 6. The number of fused-ring (bicyclic) bond motifs is 3. The number of nitrogens with one attached hydrogen (secondary N) is 1. The molecule has 0 bridgehead atoms. The molecule has 3 aliphatic carbocycles. The van der Waals surface area contributed by atoms with Crippen LogP contribution in [0, 0.1) is 11.8 Å². The molecule has 5 aliphatic rings. The van der Waals surface area contributed by atoms with Crippen molar-refractivity contribution >= 4 is 35.1 Å². The first-order valence-corrected chi connectivity index (χ1v) is 18.2. The van der Waals surface area contributed by atoms with Gasteiger partial charge in [0, 0.05) is 60.6 Å². The molecular weight excluding hydrogens is 720 g/mol. The summed E-state index contributed by atoms with van der Waals surface area (Å²) in [5, 5.41) is 58.7. The van der Waals surface area contributed by atoms with Gasteiger partial charge < -0.3 is 45.1 Å². The Hall–Kier alpha value is -5.00. The molecule has 0 aromatic heterocycles. The smallest absolute Gasteiger partial charge is 0.253 e. The second-order valence-corrected chi connectivity index (χ2v) is 14.9. The van der Waals surface area contributed by atoms with Crippen LogP contribution in [0.5, 0.6) is 17.2 Å². The fourth-order valence-corrected chi connectivity index (χ4v) is 8.64. The second-order valence-electron chi connectivity index (χ2n) is 14.9. The molecule has 2 fully saturated rings. The minimum atomic E-state index is -2.34. The zero-order chi connectivity index (χ0) is 39.5. The van der Waals surface area contributed by atoms with Crippen LogP contribution in [-0.2, 0) is 35.1 Å². The molecule has 2 aliphatic heterocycles. The van der Waals surface area contributed by atoms with E-state index in [9.17, 15) is 54.3 Å². The Labute approximate surface area is 314 Å². The van der Waals surface area contributed by atoms with Crippen molar-refractivity contribution in [2.45, 2.75) is 88.1 Å². The van der Waals surface area contributed by atoms with Gasteiger partial charge in [0.1, 0.15) is 35.6 Å². The Morgan fingerprint density at radius 3 is 2.31 bits per heavy atom. The summed E-state index contributed by atoms with van der Waals surface area (Å²) in [6.07, 6.45) is -1.42. The molecule has 0 spiro atoms. The van der Waals surface area contributed by atoms with Crippen LogP contribution in [0.25, 0.3) is 0 Å². The summed E-state index contributed by atoms with van der Waals surface area (Å²) in [4.78, 5) is 79.3. The average Bonchev–Trinajstić information content (AvgIpc) is 3.48. The molecule has 16 heteroatoms. The lowest BCUT2D eigenvalue weighted by Gasteiger charge is -2.43. The minimum Gasteiger partial charge on any atom is -0.507 e. The van der Waals surface area contributed by atoms with Crippen molar-refractivity contribution in [1.29, 1.82) is 0 Å². The van der Waals surface area contributed by atoms with Crippen LogP contribution >= 0.6 is 0 Å². The lowest BCUT2D eigenvalue weighted by Crippen LogP contribution is -2.56. The number of aromatic hydroxyl groups is 2. The lowest BCUT2D eigenvalue weighted by atomic mass is 9.72. The molecule has 1 saturated heterocycles. The summed E-state index contributed by atoms with van der Waals surface area (Å²) in [6.45, 7) is 0.751. The van der Waals surface area contributed by atoms with Crippen molar-refractivity contribution in [1.82, 2.24) is 10.2 Å². The minimum absolute atomic E-state index is 0.0460. The summed E-state index contributed by atoms with van der Waals surface area (Å²) in [5.74, 6) is -5.44. The van der Waals surface area contributed by atoms with Gasteiger partial charge >= 0.3 is 0 Å². The molecule has 2 aromatic rings. The van der Waals surface area contributed by atoms with Gasteiger partial charge in [-0.15, -0.1) is 0 Å². The molecule has 55 heavy (non-hydrogen) atoms. The first-order chi connectivity index (χ1) is 26.2. The van der Waals surface area contributed by atoms with Gasteiger partial charge in [-0.3, -0.25) is 33.7 Å². The molecule has 7 rings (SSSR count). The molecule has 6 atom stereocenters. The van der Waals surface area contributed by atoms with E-state index >= 15 is 0 Å². The lowest BCUT2D eigenvalue weighted by molar-refractivity contribution is -0.249. The zero-order valence-corrected chi connectivity index (χ0v) is 30.1. The molecule has 2 heterocycles. The monoisotopic (exact) mass is 762 g/mol. The van der Waals surface area contributed by atoms with Crippen molar-refractivity contribution in [3.8, 4) is 17.2 Å². The Kier molecular flexibility index (Phi) is 10.1. The number of benzene rings is 2. The molecule has 1 unspecified atom stereocenters. The van der Waals surface area contributed by atoms with Gasteiger partial charge in [-0.05, 0) is 44.6 Å². The maximum absolute atomic E-state index is 13.9. The van der Waals surface area contributed by atoms with E-state index in [1.807, 2.05) is 0 Å². The van der Waals surface area contributed by atoms with Crippen molar-refractivity contribution in [2.75, 3.05) is 20.3 Å². The largest absolute Gasteiger partial charge is 0.507 e. The van der Waals surface area contributed by atoms with Crippen molar-refractivity contribution in [3.05, 3.63) is 63.7 Å². The summed E-state index contributed by atoms with van der Waals surface area (Å²) in [6, 6.07) is 3.42. The molecule has 0 radical (unpaired) electrons. The Morgan fingerprint density at radius 2 is 1.65 bits per heavy atom. The van der Waals surface area contributed by atoms with Crippen LogP contribution in [0.2, 0.25) is 0 Å². The van der Waals surface area contributed by atoms with Crippen molar-refractivity contribution in [3.63, 3.8) is 0 Å². The fraction of sp³-hybridized carbons (Fsp3) is 0.487. The third kappa shape index (κ3) is 6.61. The number of carbonyl (C=O) groups is 6. The Morgan fingerprint density at radius 1 is 0.982 bits per heavy atom. The number of rotatable bonds is 9. The van der Waals surface area contributed by atoms with Crippen LogP contribution in [0.3, 0.4) is 0 Å². The first kappa shape index (κ1) is 38.3. The maximum atomic E-state index is 13.9. The number of nitrogens with zero attached hydrogens (tertiary/aromatic N) is 1. The Bertz CT molecular complexity index is 2000. The van der Waals surface area contributed by atoms with E-state index in [1.165, 1.54) is 42.4 Å². The van der Waals surface area contributed by atoms with Crippen LogP contribution < -0.4 is 10.1 Å². The van der Waals surface area contributed by atoms with Crippen molar-refractivity contribution in [2.24, 2.45) is 11.8 Å². The number of aliphatic hydroxyl groups is 3. The number of aliphatic hydroxyl groups excluding tert-OH is 2. The van der Waals surface area contributed by atoms with Gasteiger partial charge in [0.2, 0.25) is 11.7 Å². The average molecular weight is 763 g/mol. The van der Waals surface area contributed by atoms with E-state index in [2.05, 4.69) is 5.32 Å². The summed E-state index contributed by atoms with van der Waals surface area (Å²) >= 11 is 0. The number of carbonyl (C=O) groups excluding carboxylic acids is 6. The van der Waals surface area contributed by atoms with E-state index in [0.29, 0.717) is 25.7 Å². The molecule has 3 amide bonds. The van der Waals surface area contributed by atoms with Gasteiger partial charge in [-0.2, -0.15) is 0 Å². The quantitative estimate of drug-likeness (QED) is 0.131. The predicted molar refractivity (Wildman–Crippen MR) is 187 cm³/mol. The van der Waals surface area contributed by atoms with Gasteiger partial charge in [0.05, 0.1) is 42.0 Å². The fourth-order valence-electron chi connectivity index (χ4n) is 8.64. The number of ether oxygens (including phenoxy) is 3. The summed E-state index contributed by atoms with van der Waals surface area (Å²) in [5.41, 5.74) is -4.03. The van der Waals surface area contributed by atoms with E-state index in [0.717, 1.165) is 0 Å². The van der Waals surface area contributed by atoms with Crippen LogP contribution in [0.15, 0.2) is 30.4 Å². The van der Waals surface area contributed by atoms with Gasteiger partial charge in [-0.25, -0.2) is 0 Å². The molecular formula is C39H42N2O14. The number of ketones is 3. The van der Waals surface area contributed by atoms with Crippen LogP contribution in [0.1, 0.15) is 94.5 Å². The number of amides is 3. The van der Waals surface area contributed by atoms with E-state index in [-0.39, 0.29) is 64.6 Å². The van der Waals surface area contributed by atoms with Gasteiger partial charge in [0.15, 0.2) is 17.9 Å². The highest BCUT2D eigenvalue weighted by Gasteiger charge is 2.50. The van der Waals surface area contributed by atoms with Gasteiger partial charge in [-0.1, -0.05) is 12.1 Å². The number of phenols is 2. The second kappa shape index (κ2) is 14.6. The third-order valence-electron chi connectivity index (χ3n) is 11.6. The van der Waals surface area contributed by atoms with E-state index in [1.54, 1.807) is 6.92 Å². The molecule has 6 N–H and O–H groups in total. The van der Waals surface area contributed by atoms with Crippen LogP contribution in [0.4, 0.5) is 0 Å². The first-order valence-electron chi connectivity index (χ1n) is 18.2. The standard InChI is InChI=1S/C39H42N2O14/c1-17-33(46)22(40-38(51)19-8-6-18(7-9-19)15-41-26(44)10-11-27(41)45)12-28(54-17)55-24-14-39(52,25(43)16-42)13-21-30(24)37(50)32-31(35(21)48)34(47)20-4-3-5-23(53-2)29(20)36(32)49/h3-5,10-11,17-19,22,24,28,33,42,46,48,50,52H,6-9,12-16H2,1-2H3,(H,40,51)/t17-,18?,19?,22-,24-,28-,33?,39-/m0/s1. The molecule has 292 valence electrons. The third-order valence-corrected chi connectivity index (χ3v) is 11.6. The predicted octanol–water partition coefficient (Wildman–Crippen LogP) is 0.890. The van der Waals surface area contributed by atoms with Crippen LogP contribution in [-0.4, -0.2) is 116 Å². The normalized spacial score (nSPS) is 30.1. The van der Waals surface area contributed by atoms with E-state index in [4.69, 9.17) is 14.2 Å². The SMILES string of the molecule is COc1cccc2c1C(=O)c1c(O)c3c(c(O)c1C2=O)C[C@@](O)(C(=O)CO)C[C@@H]3O[C@H]1C[C@H](NC(=O)C2CCC(CN3C(=O)C=CC3=O)CC2)C(O)[C@H](C)O1. The Balaban J connectivity index is 1.13. The number of methoxy groups -OCH3 is 1. The zero-order valence-electron chi connectivity index (χ0n) is 30.1. The highest BCUT2D eigenvalue weighted by molar-refractivity contribution is 6.31. The summed E-state index contributed by atoms with van der Waals surface area (Å²) < 4.78 is 17.5. The van der Waals surface area contributed by atoms with Gasteiger partial charge in [0.25, 0.3) is 11.8 Å². The number of imide groups is 1. The number of phenolic OH excluding ortho intramolecular Hbond substituents is 2. The summed E-state index contributed by atoms with van der Waals surface area (Å²) in [7, 11) is 1.31. The molecule has 16 nitrogen and oxygen atoms in total. The molecule has 2 aromatic carbocycles. The number of Topliss-reactive ketones (excluding diaryl/α,β-unsaturated/α-hetero) is 1. The number of hydrogen-bond acceptors (Lipinski definition) is 14. The maximum Gasteiger partial charge on any atom is 0.253 e. The molecule has 1 saturated carbocycles. The topological polar surface area (TPSA) is 247 Å². The van der Waals surface area contributed by atoms with E-state index < -0.39 is 102 Å².